The van der Waals surface area contributed by atoms with Crippen molar-refractivity contribution in [3.05, 3.63) is 55.8 Å². The first-order valence-corrected chi connectivity index (χ1v) is 10.1. The third-order valence-electron chi connectivity index (χ3n) is 3.37. The highest BCUT2D eigenvalue weighted by Gasteiger charge is 2.24. The number of rotatable bonds is 4. The lowest BCUT2D eigenvalue weighted by atomic mass is 10.2. The first kappa shape index (κ1) is 19.0. The standard InChI is InChI=1S/C18H14Br2N2O3S/c1-2-25-12-5-3-11(4-6-12)21-18-22-17(24)15(26-18)9-10-7-13(19)16(23)14(20)8-10/h3-9,23H,2H2,1H3,(H,21,22,24). The van der Waals surface area contributed by atoms with E-state index in [9.17, 15) is 9.90 Å². The average molecular weight is 498 g/mol. The Hall–Kier alpha value is -1.77. The van der Waals surface area contributed by atoms with Gasteiger partial charge in [0.2, 0.25) is 0 Å². The fourth-order valence-corrected chi connectivity index (χ4v) is 4.26. The molecule has 5 nitrogen and oxygen atoms in total. The van der Waals surface area contributed by atoms with Gasteiger partial charge in [0, 0.05) is 0 Å². The molecule has 0 atom stereocenters. The first-order chi connectivity index (χ1) is 12.5. The van der Waals surface area contributed by atoms with E-state index in [0.717, 1.165) is 17.0 Å². The lowest BCUT2D eigenvalue weighted by molar-refractivity contribution is -0.115. The summed E-state index contributed by atoms with van der Waals surface area (Å²) in [4.78, 5) is 17.2. The molecule has 1 fully saturated rings. The Kier molecular flexibility index (Phi) is 6.05. The maximum absolute atomic E-state index is 12.2. The van der Waals surface area contributed by atoms with Gasteiger partial charge in [-0.1, -0.05) is 0 Å². The summed E-state index contributed by atoms with van der Waals surface area (Å²) in [6.07, 6.45) is 1.75. The number of aliphatic imine (C=N–C) groups is 1. The predicted octanol–water partition coefficient (Wildman–Crippen LogP) is 5.21. The van der Waals surface area contributed by atoms with Crippen LogP contribution in [0.4, 0.5) is 5.69 Å². The van der Waals surface area contributed by atoms with Crippen LogP contribution in [0.1, 0.15) is 12.5 Å². The van der Waals surface area contributed by atoms with Gasteiger partial charge in [-0.15, -0.1) is 0 Å². The van der Waals surface area contributed by atoms with Crippen LogP contribution in [0.5, 0.6) is 11.5 Å². The van der Waals surface area contributed by atoms with E-state index in [1.807, 2.05) is 31.2 Å². The molecule has 1 amide bonds. The Morgan fingerprint density at radius 3 is 2.50 bits per heavy atom. The van der Waals surface area contributed by atoms with Crippen LogP contribution in [0.25, 0.3) is 6.08 Å². The number of halogens is 2. The molecule has 1 saturated heterocycles. The molecule has 0 radical (unpaired) electrons. The Morgan fingerprint density at radius 2 is 1.88 bits per heavy atom. The van der Waals surface area contributed by atoms with Gasteiger partial charge < -0.3 is 15.2 Å². The summed E-state index contributed by atoms with van der Waals surface area (Å²) in [5, 5.41) is 13.0. The summed E-state index contributed by atoms with van der Waals surface area (Å²) >= 11 is 7.83. The molecular formula is C18H14Br2N2O3S. The maximum Gasteiger partial charge on any atom is 0.264 e. The minimum atomic E-state index is -0.208. The van der Waals surface area contributed by atoms with Gasteiger partial charge in [0.25, 0.3) is 5.91 Å². The van der Waals surface area contributed by atoms with Crippen molar-refractivity contribution in [2.24, 2.45) is 4.99 Å². The van der Waals surface area contributed by atoms with Crippen molar-refractivity contribution >= 4 is 66.5 Å². The van der Waals surface area contributed by atoms with Gasteiger partial charge in [-0.25, -0.2) is 4.99 Å². The SMILES string of the molecule is CCOc1ccc(N=C2NC(=O)C(=Cc3cc(Br)c(O)c(Br)c3)S2)cc1. The van der Waals surface area contributed by atoms with Gasteiger partial charge in [-0.05, 0) is 98.6 Å². The van der Waals surface area contributed by atoms with E-state index in [4.69, 9.17) is 4.74 Å². The van der Waals surface area contributed by atoms with Crippen LogP contribution in [0.2, 0.25) is 0 Å². The smallest absolute Gasteiger partial charge is 0.264 e. The van der Waals surface area contributed by atoms with Crippen LogP contribution < -0.4 is 10.1 Å². The van der Waals surface area contributed by atoms with E-state index in [2.05, 4.69) is 42.2 Å². The molecule has 2 aromatic carbocycles. The minimum Gasteiger partial charge on any atom is -0.506 e. The number of amides is 1. The van der Waals surface area contributed by atoms with E-state index in [-0.39, 0.29) is 11.7 Å². The van der Waals surface area contributed by atoms with Crippen molar-refractivity contribution in [2.75, 3.05) is 6.61 Å². The van der Waals surface area contributed by atoms with Gasteiger partial charge in [0.1, 0.15) is 11.5 Å². The van der Waals surface area contributed by atoms with Crippen molar-refractivity contribution in [1.82, 2.24) is 5.32 Å². The molecule has 0 bridgehead atoms. The largest absolute Gasteiger partial charge is 0.506 e. The number of hydrogen-bond donors (Lipinski definition) is 2. The lowest BCUT2D eigenvalue weighted by Gasteiger charge is -2.03. The molecule has 2 N–H and O–H groups in total. The topological polar surface area (TPSA) is 70.9 Å². The monoisotopic (exact) mass is 496 g/mol. The van der Waals surface area contributed by atoms with Crippen LogP contribution in [-0.4, -0.2) is 22.8 Å². The van der Waals surface area contributed by atoms with E-state index >= 15 is 0 Å². The number of nitrogens with zero attached hydrogens (tertiary/aromatic N) is 1. The number of hydrogen-bond acceptors (Lipinski definition) is 5. The van der Waals surface area contributed by atoms with Crippen molar-refractivity contribution in [3.8, 4) is 11.5 Å². The van der Waals surface area contributed by atoms with E-state index < -0.39 is 0 Å². The van der Waals surface area contributed by atoms with Crippen LogP contribution >= 0.6 is 43.6 Å². The van der Waals surface area contributed by atoms with E-state index in [0.29, 0.717) is 25.6 Å². The Balaban J connectivity index is 1.80. The number of phenolic OH excluding ortho intramolecular Hbond substituents is 1. The molecule has 0 spiro atoms. The minimum absolute atomic E-state index is 0.119. The highest BCUT2D eigenvalue weighted by atomic mass is 79.9. The molecule has 2 aromatic rings. The second-order valence-electron chi connectivity index (χ2n) is 5.24. The molecule has 0 aromatic heterocycles. The number of thioether (sulfide) groups is 1. The molecule has 134 valence electrons. The summed E-state index contributed by atoms with van der Waals surface area (Å²) in [5.74, 6) is 0.692. The zero-order valence-electron chi connectivity index (χ0n) is 13.6. The fourth-order valence-electron chi connectivity index (χ4n) is 2.20. The molecule has 1 aliphatic rings. The molecule has 8 heteroatoms. The van der Waals surface area contributed by atoms with Gasteiger partial charge in [0.15, 0.2) is 5.17 Å². The Bertz CT molecular complexity index is 888. The molecule has 26 heavy (non-hydrogen) atoms. The molecule has 1 aliphatic heterocycles. The molecular weight excluding hydrogens is 484 g/mol. The first-order valence-electron chi connectivity index (χ1n) is 7.66. The maximum atomic E-state index is 12.2. The quantitative estimate of drug-likeness (QED) is 0.569. The Labute approximate surface area is 171 Å². The van der Waals surface area contributed by atoms with Gasteiger partial charge in [0.05, 0.1) is 26.1 Å². The number of benzene rings is 2. The molecule has 0 saturated carbocycles. The van der Waals surface area contributed by atoms with E-state index in [1.54, 1.807) is 18.2 Å². The predicted molar refractivity (Wildman–Crippen MR) is 112 cm³/mol. The summed E-state index contributed by atoms with van der Waals surface area (Å²) in [6, 6.07) is 10.8. The fraction of sp³-hybridized carbons (Fsp3) is 0.111. The number of carbonyl (C=O) groups is 1. The highest BCUT2D eigenvalue weighted by Crippen LogP contribution is 2.35. The number of carbonyl (C=O) groups excluding carboxylic acids is 1. The second kappa shape index (κ2) is 8.28. The number of amidine groups is 1. The third-order valence-corrected chi connectivity index (χ3v) is 5.49. The van der Waals surface area contributed by atoms with Crippen molar-refractivity contribution in [3.63, 3.8) is 0 Å². The molecule has 0 aliphatic carbocycles. The second-order valence-corrected chi connectivity index (χ2v) is 7.98. The Morgan fingerprint density at radius 1 is 1.23 bits per heavy atom. The molecule has 3 rings (SSSR count). The number of nitrogens with one attached hydrogen (secondary N) is 1. The number of ether oxygens (including phenoxy) is 1. The number of phenols is 1. The molecule has 1 heterocycles. The summed E-state index contributed by atoms with van der Waals surface area (Å²) in [5.41, 5.74) is 1.51. The van der Waals surface area contributed by atoms with Crippen molar-refractivity contribution in [1.29, 1.82) is 0 Å². The average Bonchev–Trinajstić information content (AvgIpc) is 2.94. The van der Waals surface area contributed by atoms with Crippen LogP contribution in [0, 0.1) is 0 Å². The van der Waals surface area contributed by atoms with Gasteiger partial charge in [-0.2, -0.15) is 0 Å². The lowest BCUT2D eigenvalue weighted by Crippen LogP contribution is -2.19. The van der Waals surface area contributed by atoms with Crippen LogP contribution in [0.15, 0.2) is 55.2 Å². The van der Waals surface area contributed by atoms with Gasteiger partial charge in [-0.3, -0.25) is 4.79 Å². The third kappa shape index (κ3) is 4.49. The van der Waals surface area contributed by atoms with Crippen molar-refractivity contribution in [2.45, 2.75) is 6.92 Å². The normalized spacial score (nSPS) is 17.0. The van der Waals surface area contributed by atoms with Crippen LogP contribution in [-0.2, 0) is 4.79 Å². The summed E-state index contributed by atoms with van der Waals surface area (Å²) in [7, 11) is 0. The number of aromatic hydroxyl groups is 1. The van der Waals surface area contributed by atoms with Crippen LogP contribution in [0.3, 0.4) is 0 Å². The molecule has 0 unspecified atom stereocenters. The zero-order valence-corrected chi connectivity index (χ0v) is 17.6. The zero-order chi connectivity index (χ0) is 18.7. The van der Waals surface area contributed by atoms with Gasteiger partial charge >= 0.3 is 0 Å². The van der Waals surface area contributed by atoms with E-state index in [1.165, 1.54) is 11.8 Å². The summed E-state index contributed by atoms with van der Waals surface area (Å²) < 4.78 is 6.49. The van der Waals surface area contributed by atoms with Crippen molar-refractivity contribution < 1.29 is 14.6 Å². The summed E-state index contributed by atoms with van der Waals surface area (Å²) in [6.45, 7) is 2.54. The highest BCUT2D eigenvalue weighted by molar-refractivity contribution is 9.11.